The molecular formula is C11H6ClF3S. The molecule has 1 aromatic carbocycles. The fourth-order valence-corrected chi connectivity index (χ4v) is 2.26. The van der Waals surface area contributed by atoms with Crippen molar-refractivity contribution < 1.29 is 13.2 Å². The normalized spacial score (nSPS) is 11.8. The molecule has 1 aromatic heterocycles. The van der Waals surface area contributed by atoms with Gasteiger partial charge in [0.25, 0.3) is 0 Å². The van der Waals surface area contributed by atoms with Gasteiger partial charge in [0.1, 0.15) is 4.88 Å². The van der Waals surface area contributed by atoms with Gasteiger partial charge in [0.15, 0.2) is 0 Å². The van der Waals surface area contributed by atoms with Crippen LogP contribution in [0, 0.1) is 0 Å². The van der Waals surface area contributed by atoms with E-state index in [-0.39, 0.29) is 0 Å². The third-order valence-electron chi connectivity index (χ3n) is 2.01. The number of hydrogen-bond acceptors (Lipinski definition) is 1. The van der Waals surface area contributed by atoms with Crippen LogP contribution in [-0.4, -0.2) is 0 Å². The zero-order valence-electron chi connectivity index (χ0n) is 7.88. The van der Waals surface area contributed by atoms with Gasteiger partial charge in [-0.05, 0) is 29.8 Å². The topological polar surface area (TPSA) is 0 Å². The van der Waals surface area contributed by atoms with Gasteiger partial charge in [-0.3, -0.25) is 0 Å². The van der Waals surface area contributed by atoms with Crippen molar-refractivity contribution >= 4 is 22.9 Å². The summed E-state index contributed by atoms with van der Waals surface area (Å²) in [6.45, 7) is 0. The van der Waals surface area contributed by atoms with Gasteiger partial charge in [0.05, 0.1) is 0 Å². The molecule has 0 saturated carbocycles. The van der Waals surface area contributed by atoms with Gasteiger partial charge in [-0.2, -0.15) is 13.2 Å². The SMILES string of the molecule is FC(F)(F)c1ccc(-c2ccc(Cl)cc2)s1. The van der Waals surface area contributed by atoms with Gasteiger partial charge in [0.2, 0.25) is 0 Å². The second-order valence-corrected chi connectivity index (χ2v) is 4.69. The van der Waals surface area contributed by atoms with Crippen LogP contribution < -0.4 is 0 Å². The zero-order valence-corrected chi connectivity index (χ0v) is 9.46. The molecule has 0 aliphatic carbocycles. The molecule has 84 valence electrons. The Hall–Kier alpha value is -1.000. The van der Waals surface area contributed by atoms with Crippen LogP contribution >= 0.6 is 22.9 Å². The summed E-state index contributed by atoms with van der Waals surface area (Å²) in [5.41, 5.74) is 0.741. The molecule has 0 aliphatic rings. The van der Waals surface area contributed by atoms with Crippen molar-refractivity contribution in [1.82, 2.24) is 0 Å². The number of rotatable bonds is 1. The fourth-order valence-electron chi connectivity index (χ4n) is 1.26. The Labute approximate surface area is 99.3 Å². The first-order valence-corrected chi connectivity index (χ1v) is 5.59. The zero-order chi connectivity index (χ0) is 11.8. The van der Waals surface area contributed by atoms with Crippen molar-refractivity contribution in [3.8, 4) is 10.4 Å². The van der Waals surface area contributed by atoms with Crippen LogP contribution in [0.5, 0.6) is 0 Å². The van der Waals surface area contributed by atoms with E-state index in [9.17, 15) is 13.2 Å². The molecule has 2 rings (SSSR count). The molecule has 0 bridgehead atoms. The van der Waals surface area contributed by atoms with Crippen molar-refractivity contribution in [3.63, 3.8) is 0 Å². The first kappa shape index (κ1) is 11.5. The number of thiophene rings is 1. The predicted molar refractivity (Wildman–Crippen MR) is 59.8 cm³/mol. The van der Waals surface area contributed by atoms with Gasteiger partial charge in [-0.25, -0.2) is 0 Å². The standard InChI is InChI=1S/C11H6ClF3S/c12-8-3-1-7(2-4-8)9-5-6-10(16-9)11(13,14)15/h1-6H. The minimum Gasteiger partial charge on any atom is -0.165 e. The average Bonchev–Trinajstić information content (AvgIpc) is 2.67. The second kappa shape index (κ2) is 4.11. The van der Waals surface area contributed by atoms with Crippen LogP contribution in [0.1, 0.15) is 4.88 Å². The van der Waals surface area contributed by atoms with E-state index in [2.05, 4.69) is 0 Å². The second-order valence-electron chi connectivity index (χ2n) is 3.17. The van der Waals surface area contributed by atoms with Crippen LogP contribution in [-0.2, 0) is 6.18 Å². The van der Waals surface area contributed by atoms with Crippen LogP contribution in [0.15, 0.2) is 36.4 Å². The quantitative estimate of drug-likeness (QED) is 0.672. The average molecular weight is 263 g/mol. The molecular weight excluding hydrogens is 257 g/mol. The molecule has 0 fully saturated rings. The molecule has 0 radical (unpaired) electrons. The summed E-state index contributed by atoms with van der Waals surface area (Å²) in [5, 5.41) is 0.566. The summed E-state index contributed by atoms with van der Waals surface area (Å²) in [6.07, 6.45) is -4.27. The summed E-state index contributed by atoms with van der Waals surface area (Å²) < 4.78 is 37.1. The number of benzene rings is 1. The van der Waals surface area contributed by atoms with Crippen molar-refractivity contribution in [2.75, 3.05) is 0 Å². The van der Waals surface area contributed by atoms with E-state index in [1.54, 1.807) is 24.3 Å². The lowest BCUT2D eigenvalue weighted by atomic mass is 10.2. The maximum atomic E-state index is 12.4. The predicted octanol–water partition coefficient (Wildman–Crippen LogP) is 5.09. The molecule has 0 N–H and O–H groups in total. The summed E-state index contributed by atoms with van der Waals surface area (Å²) in [7, 11) is 0. The van der Waals surface area contributed by atoms with E-state index in [4.69, 9.17) is 11.6 Å². The highest BCUT2D eigenvalue weighted by atomic mass is 35.5. The van der Waals surface area contributed by atoms with Gasteiger partial charge in [0, 0.05) is 9.90 Å². The minimum atomic E-state index is -4.27. The molecule has 0 amide bonds. The molecule has 5 heteroatoms. The first-order chi connectivity index (χ1) is 7.47. The molecule has 1 heterocycles. The molecule has 0 spiro atoms. The monoisotopic (exact) mass is 262 g/mol. The molecule has 0 aliphatic heterocycles. The van der Waals surface area contributed by atoms with E-state index in [1.807, 2.05) is 0 Å². The van der Waals surface area contributed by atoms with Crippen LogP contribution in [0.25, 0.3) is 10.4 Å². The summed E-state index contributed by atoms with van der Waals surface area (Å²) >= 11 is 6.43. The third kappa shape index (κ3) is 2.39. The Balaban J connectivity index is 2.35. The van der Waals surface area contributed by atoms with Crippen molar-refractivity contribution in [3.05, 3.63) is 46.3 Å². The van der Waals surface area contributed by atoms with Gasteiger partial charge >= 0.3 is 6.18 Å². The van der Waals surface area contributed by atoms with Crippen LogP contribution in [0.3, 0.4) is 0 Å². The Morgan fingerprint density at radius 2 is 1.56 bits per heavy atom. The Kier molecular flexibility index (Phi) is 2.95. The summed E-state index contributed by atoms with van der Waals surface area (Å²) in [5.74, 6) is 0. The smallest absolute Gasteiger partial charge is 0.165 e. The third-order valence-corrected chi connectivity index (χ3v) is 3.45. The lowest BCUT2D eigenvalue weighted by Gasteiger charge is -2.01. The largest absolute Gasteiger partial charge is 0.425 e. The van der Waals surface area contributed by atoms with Crippen LogP contribution in [0.2, 0.25) is 5.02 Å². The summed E-state index contributed by atoms with van der Waals surface area (Å²) in [6, 6.07) is 9.28. The van der Waals surface area contributed by atoms with E-state index < -0.39 is 11.1 Å². The van der Waals surface area contributed by atoms with Crippen molar-refractivity contribution in [1.29, 1.82) is 0 Å². The van der Waals surface area contributed by atoms with E-state index >= 15 is 0 Å². The molecule has 2 aromatic rings. The molecule has 0 unspecified atom stereocenters. The molecule has 16 heavy (non-hydrogen) atoms. The van der Waals surface area contributed by atoms with Gasteiger partial charge in [-0.15, -0.1) is 11.3 Å². The number of halogens is 4. The number of hydrogen-bond donors (Lipinski definition) is 0. The Morgan fingerprint density at radius 1 is 0.938 bits per heavy atom. The minimum absolute atomic E-state index is 0.566. The number of alkyl halides is 3. The van der Waals surface area contributed by atoms with E-state index in [0.717, 1.165) is 23.0 Å². The fraction of sp³-hybridized carbons (Fsp3) is 0.0909. The Bertz CT molecular complexity index is 485. The maximum Gasteiger partial charge on any atom is 0.425 e. The first-order valence-electron chi connectivity index (χ1n) is 4.40. The summed E-state index contributed by atoms with van der Waals surface area (Å²) in [4.78, 5) is 0.00133. The maximum absolute atomic E-state index is 12.4. The van der Waals surface area contributed by atoms with E-state index in [1.165, 1.54) is 6.07 Å². The van der Waals surface area contributed by atoms with Gasteiger partial charge < -0.3 is 0 Å². The molecule has 0 nitrogen and oxygen atoms in total. The molecule has 0 saturated heterocycles. The highest BCUT2D eigenvalue weighted by Crippen LogP contribution is 2.38. The van der Waals surface area contributed by atoms with Crippen LogP contribution in [0.4, 0.5) is 13.2 Å². The highest BCUT2D eigenvalue weighted by Gasteiger charge is 2.32. The van der Waals surface area contributed by atoms with E-state index in [0.29, 0.717) is 9.90 Å². The highest BCUT2D eigenvalue weighted by molar-refractivity contribution is 7.15. The van der Waals surface area contributed by atoms with Gasteiger partial charge in [-0.1, -0.05) is 23.7 Å². The van der Waals surface area contributed by atoms with Crippen molar-refractivity contribution in [2.24, 2.45) is 0 Å². The van der Waals surface area contributed by atoms with Crippen molar-refractivity contribution in [2.45, 2.75) is 6.18 Å². The molecule has 0 atom stereocenters. The lowest BCUT2D eigenvalue weighted by Crippen LogP contribution is -2.00. The lowest BCUT2D eigenvalue weighted by molar-refractivity contribution is -0.134. The Morgan fingerprint density at radius 3 is 2.06 bits per heavy atom.